The SMILES string of the molecule is CCCCCCCCCC(=O)OC[C@H](O)COC(=O)CCCCCCCCCC(C)C. The van der Waals surface area contributed by atoms with Crippen LogP contribution in [0, 0.1) is 5.92 Å². The van der Waals surface area contributed by atoms with Crippen molar-refractivity contribution >= 4 is 11.9 Å². The summed E-state index contributed by atoms with van der Waals surface area (Å²) in [5.41, 5.74) is 0. The predicted molar refractivity (Wildman–Crippen MR) is 127 cm³/mol. The molecule has 0 rings (SSSR count). The first-order valence-electron chi connectivity index (χ1n) is 12.9. The summed E-state index contributed by atoms with van der Waals surface area (Å²) in [5.74, 6) is 0.222. The van der Waals surface area contributed by atoms with Gasteiger partial charge in [0, 0.05) is 12.8 Å². The van der Waals surface area contributed by atoms with Gasteiger partial charge in [-0.2, -0.15) is 0 Å². The van der Waals surface area contributed by atoms with Crippen LogP contribution in [0.4, 0.5) is 0 Å². The molecular weight excluding hydrogens is 392 g/mol. The van der Waals surface area contributed by atoms with E-state index in [1.54, 1.807) is 0 Å². The summed E-state index contributed by atoms with van der Waals surface area (Å²) >= 11 is 0. The lowest BCUT2D eigenvalue weighted by Gasteiger charge is -2.12. The van der Waals surface area contributed by atoms with Crippen molar-refractivity contribution in [3.63, 3.8) is 0 Å². The number of rotatable bonds is 22. The van der Waals surface area contributed by atoms with Gasteiger partial charge in [-0.3, -0.25) is 9.59 Å². The van der Waals surface area contributed by atoms with Crippen LogP contribution in [-0.4, -0.2) is 36.4 Å². The second-order valence-corrected chi connectivity index (χ2v) is 9.30. The van der Waals surface area contributed by atoms with Gasteiger partial charge in [0.15, 0.2) is 0 Å². The highest BCUT2D eigenvalue weighted by Gasteiger charge is 2.12. The Bertz CT molecular complexity index is 422. The number of carbonyl (C=O) groups excluding carboxylic acids is 2. The van der Waals surface area contributed by atoms with E-state index < -0.39 is 6.10 Å². The zero-order valence-corrected chi connectivity index (χ0v) is 20.7. The van der Waals surface area contributed by atoms with Gasteiger partial charge in [0.05, 0.1) is 0 Å². The molecule has 0 aromatic heterocycles. The molecule has 1 atom stereocenters. The molecular formula is C26H50O5. The maximum Gasteiger partial charge on any atom is 0.305 e. The van der Waals surface area contributed by atoms with Gasteiger partial charge in [0.2, 0.25) is 0 Å². The maximum atomic E-state index is 11.8. The Hall–Kier alpha value is -1.10. The Morgan fingerprint density at radius 2 is 1.03 bits per heavy atom. The lowest BCUT2D eigenvalue weighted by atomic mass is 10.0. The van der Waals surface area contributed by atoms with Crippen LogP contribution in [0.5, 0.6) is 0 Å². The molecule has 0 amide bonds. The Labute approximate surface area is 191 Å². The molecule has 0 fully saturated rings. The van der Waals surface area contributed by atoms with E-state index in [1.165, 1.54) is 57.8 Å². The molecule has 5 nitrogen and oxygen atoms in total. The van der Waals surface area contributed by atoms with Crippen LogP contribution in [0.25, 0.3) is 0 Å². The zero-order chi connectivity index (χ0) is 23.2. The van der Waals surface area contributed by atoms with Gasteiger partial charge >= 0.3 is 11.9 Å². The molecule has 0 aliphatic carbocycles. The normalized spacial score (nSPS) is 12.2. The maximum absolute atomic E-state index is 11.8. The van der Waals surface area contributed by atoms with Gasteiger partial charge < -0.3 is 14.6 Å². The van der Waals surface area contributed by atoms with Crippen LogP contribution in [-0.2, 0) is 19.1 Å². The summed E-state index contributed by atoms with van der Waals surface area (Å²) in [6, 6.07) is 0. The van der Waals surface area contributed by atoms with Crippen LogP contribution in [0.1, 0.15) is 130 Å². The largest absolute Gasteiger partial charge is 0.463 e. The van der Waals surface area contributed by atoms with E-state index in [2.05, 4.69) is 20.8 Å². The number of hydrogen-bond donors (Lipinski definition) is 1. The molecule has 184 valence electrons. The van der Waals surface area contributed by atoms with Crippen molar-refractivity contribution in [3.05, 3.63) is 0 Å². The van der Waals surface area contributed by atoms with Crippen LogP contribution in [0.2, 0.25) is 0 Å². The van der Waals surface area contributed by atoms with Crippen LogP contribution in [0.3, 0.4) is 0 Å². The van der Waals surface area contributed by atoms with E-state index in [0.29, 0.717) is 12.8 Å². The minimum Gasteiger partial charge on any atom is -0.463 e. The molecule has 0 bridgehead atoms. The Morgan fingerprint density at radius 1 is 0.645 bits per heavy atom. The second-order valence-electron chi connectivity index (χ2n) is 9.30. The number of unbranched alkanes of at least 4 members (excludes halogenated alkanes) is 12. The minimum atomic E-state index is -0.951. The van der Waals surface area contributed by atoms with Crippen molar-refractivity contribution in [1.29, 1.82) is 0 Å². The van der Waals surface area contributed by atoms with E-state index in [-0.39, 0.29) is 25.2 Å². The Morgan fingerprint density at radius 3 is 1.45 bits per heavy atom. The monoisotopic (exact) mass is 442 g/mol. The van der Waals surface area contributed by atoms with Crippen LogP contribution < -0.4 is 0 Å². The molecule has 0 aromatic carbocycles. The van der Waals surface area contributed by atoms with Gasteiger partial charge in [-0.05, 0) is 18.8 Å². The zero-order valence-electron chi connectivity index (χ0n) is 20.7. The van der Waals surface area contributed by atoms with Gasteiger partial charge in [-0.25, -0.2) is 0 Å². The molecule has 31 heavy (non-hydrogen) atoms. The minimum absolute atomic E-state index is 0.112. The van der Waals surface area contributed by atoms with Crippen molar-refractivity contribution < 1.29 is 24.2 Å². The summed E-state index contributed by atoms with van der Waals surface area (Å²) in [4.78, 5) is 23.4. The van der Waals surface area contributed by atoms with Crippen LogP contribution >= 0.6 is 0 Å². The summed E-state index contributed by atoms with van der Waals surface area (Å²) in [5, 5.41) is 9.83. The molecule has 0 saturated heterocycles. The molecule has 0 aliphatic heterocycles. The average Bonchev–Trinajstić information content (AvgIpc) is 2.74. The summed E-state index contributed by atoms with van der Waals surface area (Å²) in [6.07, 6.45) is 17.3. The fourth-order valence-electron chi connectivity index (χ4n) is 3.50. The van der Waals surface area contributed by atoms with Gasteiger partial charge in [0.1, 0.15) is 19.3 Å². The molecule has 1 N–H and O–H groups in total. The standard InChI is InChI=1S/C26H50O5/c1-4-5-6-7-9-13-16-19-25(28)30-21-24(27)22-31-26(29)20-17-14-11-8-10-12-15-18-23(2)3/h23-24,27H,4-22H2,1-3H3/t24-/m0/s1. The number of carbonyl (C=O) groups is 2. The third-order valence-electron chi connectivity index (χ3n) is 5.52. The third kappa shape index (κ3) is 23.4. The molecule has 0 spiro atoms. The first-order chi connectivity index (χ1) is 15.0. The number of aliphatic hydroxyl groups excluding tert-OH is 1. The van der Waals surface area contributed by atoms with Crippen LogP contribution in [0.15, 0.2) is 0 Å². The predicted octanol–water partition coefficient (Wildman–Crippen LogP) is 6.74. The molecule has 0 heterocycles. The van der Waals surface area contributed by atoms with Gasteiger partial charge in [0.25, 0.3) is 0 Å². The average molecular weight is 443 g/mol. The lowest BCUT2D eigenvalue weighted by molar-refractivity contribution is -0.152. The quantitative estimate of drug-likeness (QED) is 0.148. The third-order valence-corrected chi connectivity index (χ3v) is 5.52. The number of aliphatic hydroxyl groups is 1. The molecule has 0 saturated carbocycles. The highest BCUT2D eigenvalue weighted by Crippen LogP contribution is 2.13. The molecule has 5 heteroatoms. The first-order valence-corrected chi connectivity index (χ1v) is 12.9. The van der Waals surface area contributed by atoms with E-state index in [0.717, 1.165) is 44.4 Å². The number of esters is 2. The first kappa shape index (κ1) is 29.9. The fourth-order valence-corrected chi connectivity index (χ4v) is 3.50. The number of ether oxygens (including phenoxy) is 2. The van der Waals surface area contributed by atoms with Gasteiger partial charge in [-0.1, -0.05) is 104 Å². The molecule has 0 unspecified atom stereocenters. The summed E-state index contributed by atoms with van der Waals surface area (Å²) in [7, 11) is 0. The smallest absolute Gasteiger partial charge is 0.305 e. The van der Waals surface area contributed by atoms with E-state index >= 15 is 0 Å². The van der Waals surface area contributed by atoms with Crippen molar-refractivity contribution in [1.82, 2.24) is 0 Å². The van der Waals surface area contributed by atoms with Crippen molar-refractivity contribution in [3.8, 4) is 0 Å². The molecule has 0 aliphatic rings. The van der Waals surface area contributed by atoms with E-state index in [9.17, 15) is 14.7 Å². The topological polar surface area (TPSA) is 72.8 Å². The highest BCUT2D eigenvalue weighted by molar-refractivity contribution is 5.69. The Kier molecular flexibility index (Phi) is 21.3. The van der Waals surface area contributed by atoms with Crippen molar-refractivity contribution in [2.24, 2.45) is 5.92 Å². The van der Waals surface area contributed by atoms with Crippen molar-refractivity contribution in [2.45, 2.75) is 136 Å². The van der Waals surface area contributed by atoms with E-state index in [1.807, 2.05) is 0 Å². The summed E-state index contributed by atoms with van der Waals surface area (Å²) in [6.45, 7) is 6.51. The van der Waals surface area contributed by atoms with Gasteiger partial charge in [-0.15, -0.1) is 0 Å². The fraction of sp³-hybridized carbons (Fsp3) is 0.923. The Balaban J connectivity index is 3.47. The lowest BCUT2D eigenvalue weighted by Crippen LogP contribution is -2.25. The molecule has 0 aromatic rings. The van der Waals surface area contributed by atoms with E-state index in [4.69, 9.17) is 9.47 Å². The molecule has 0 radical (unpaired) electrons. The number of hydrogen-bond acceptors (Lipinski definition) is 5. The second kappa shape index (κ2) is 22.1. The van der Waals surface area contributed by atoms with Crippen molar-refractivity contribution in [2.75, 3.05) is 13.2 Å². The highest BCUT2D eigenvalue weighted by atomic mass is 16.6. The summed E-state index contributed by atoms with van der Waals surface area (Å²) < 4.78 is 10.2.